The van der Waals surface area contributed by atoms with Gasteiger partial charge in [0.05, 0.1) is 17.5 Å². The number of hydrogen-bond donors (Lipinski definition) is 2. The van der Waals surface area contributed by atoms with Gasteiger partial charge in [-0.25, -0.2) is 19.2 Å². The zero-order valence-electron chi connectivity index (χ0n) is 18.3. The summed E-state index contributed by atoms with van der Waals surface area (Å²) in [5.74, 6) is -1.79. The van der Waals surface area contributed by atoms with E-state index in [1.54, 1.807) is 13.0 Å². The molecule has 0 bridgehead atoms. The Morgan fingerprint density at radius 1 is 1.34 bits per heavy atom. The van der Waals surface area contributed by atoms with E-state index in [9.17, 15) is 23.9 Å². The van der Waals surface area contributed by atoms with Crippen molar-refractivity contribution in [1.29, 1.82) is 0 Å². The van der Waals surface area contributed by atoms with Crippen LogP contribution in [0.4, 0.5) is 10.2 Å². The van der Waals surface area contributed by atoms with Crippen LogP contribution in [0.1, 0.15) is 21.5 Å². The lowest BCUT2D eigenvalue weighted by atomic mass is 9.98. The average Bonchev–Trinajstić information content (AvgIpc) is 3.32. The first-order valence-electron chi connectivity index (χ1n) is 10.5. The number of nitrogens with one attached hydrogen (secondary N) is 1. The predicted molar refractivity (Wildman–Crippen MR) is 124 cm³/mol. The topological polar surface area (TPSA) is 143 Å². The molecule has 5 heterocycles. The van der Waals surface area contributed by atoms with Crippen LogP contribution < -0.4 is 15.6 Å². The first-order valence-corrected chi connectivity index (χ1v) is 11.3. The van der Waals surface area contributed by atoms with Crippen LogP contribution in [0.25, 0.3) is 16.2 Å². The molecule has 4 aromatic rings. The lowest BCUT2D eigenvalue weighted by Gasteiger charge is -2.39. The van der Waals surface area contributed by atoms with Crippen molar-refractivity contribution in [2.75, 3.05) is 18.0 Å². The van der Waals surface area contributed by atoms with Gasteiger partial charge in [0.15, 0.2) is 5.65 Å². The van der Waals surface area contributed by atoms with Crippen LogP contribution in [-0.2, 0) is 11.3 Å². The number of aromatic nitrogens is 5. The summed E-state index contributed by atoms with van der Waals surface area (Å²) in [6, 6.07) is 3.21. The summed E-state index contributed by atoms with van der Waals surface area (Å²) in [6.07, 6.45) is 5.09. The van der Waals surface area contributed by atoms with Crippen molar-refractivity contribution in [2.45, 2.75) is 13.5 Å². The molecule has 35 heavy (non-hydrogen) atoms. The Bertz CT molecular complexity index is 1520. The number of rotatable bonds is 6. The summed E-state index contributed by atoms with van der Waals surface area (Å²) in [5.41, 5.74) is 0.141. The molecule has 0 radical (unpaired) electrons. The fraction of sp³-hybridized carbons (Fsp3) is 0.227. The molecule has 5 rings (SSSR count). The molecule has 0 unspecified atom stereocenters. The van der Waals surface area contributed by atoms with Gasteiger partial charge in [-0.1, -0.05) is 0 Å². The summed E-state index contributed by atoms with van der Waals surface area (Å²) >= 11 is 1.04. The van der Waals surface area contributed by atoms with Gasteiger partial charge in [0, 0.05) is 49.1 Å². The van der Waals surface area contributed by atoms with Crippen LogP contribution in [0.15, 0.2) is 41.8 Å². The Kier molecular flexibility index (Phi) is 5.68. The second-order valence-electron chi connectivity index (χ2n) is 8.05. The van der Waals surface area contributed by atoms with Crippen molar-refractivity contribution in [1.82, 2.24) is 29.2 Å². The Labute approximate surface area is 201 Å². The molecule has 1 aliphatic heterocycles. The maximum Gasteiger partial charge on any atom is 0.341 e. The number of hydrogen-bond acceptors (Lipinski definition) is 9. The molecule has 0 spiro atoms. The number of nitrogens with zero attached hydrogens (tertiary/aromatic N) is 6. The first-order chi connectivity index (χ1) is 16.8. The van der Waals surface area contributed by atoms with E-state index in [4.69, 9.17) is 0 Å². The zero-order valence-corrected chi connectivity index (χ0v) is 19.1. The predicted octanol–water partition coefficient (Wildman–Crippen LogP) is 1.53. The number of anilines is 1. The number of pyridine rings is 3. The van der Waals surface area contributed by atoms with Crippen molar-refractivity contribution in [2.24, 2.45) is 5.92 Å². The molecular formula is C22H18FN7O4S. The Hall–Kier alpha value is -4.26. The molecule has 2 N–H and O–H groups in total. The third kappa shape index (κ3) is 4.10. The van der Waals surface area contributed by atoms with Gasteiger partial charge in [-0.3, -0.25) is 19.1 Å². The minimum atomic E-state index is -1.35. The highest BCUT2D eigenvalue weighted by Gasteiger charge is 2.34. The van der Waals surface area contributed by atoms with Gasteiger partial charge in [0.1, 0.15) is 23.5 Å². The van der Waals surface area contributed by atoms with Crippen LogP contribution >= 0.6 is 11.5 Å². The minimum Gasteiger partial charge on any atom is -0.477 e. The lowest BCUT2D eigenvalue weighted by Crippen LogP contribution is -2.54. The second-order valence-corrected chi connectivity index (χ2v) is 8.81. The molecule has 4 aromatic heterocycles. The molecule has 1 fully saturated rings. The largest absolute Gasteiger partial charge is 0.477 e. The van der Waals surface area contributed by atoms with Gasteiger partial charge in [-0.2, -0.15) is 4.37 Å². The molecule has 0 atom stereocenters. The highest BCUT2D eigenvalue weighted by molar-refractivity contribution is 7.08. The quantitative estimate of drug-likeness (QED) is 0.407. The smallest absolute Gasteiger partial charge is 0.341 e. The van der Waals surface area contributed by atoms with Crippen molar-refractivity contribution in [3.63, 3.8) is 0 Å². The summed E-state index contributed by atoms with van der Waals surface area (Å²) < 4.78 is 19.1. The Morgan fingerprint density at radius 2 is 2.14 bits per heavy atom. The molecule has 178 valence electrons. The molecule has 0 saturated carbocycles. The van der Waals surface area contributed by atoms with E-state index >= 15 is 0 Å². The number of carbonyl (C=O) groups is 2. The number of carboxylic acids is 1. The number of amides is 1. The number of halogens is 1. The maximum atomic E-state index is 13.7. The van der Waals surface area contributed by atoms with Crippen molar-refractivity contribution >= 4 is 40.3 Å². The standard InChI is InChI=1S/C22H18FN7O4S/c1-11-4-16(29-7-13(8-29)20(32)25-5-12-2-3-24-6-15(12)23)28-19-17(11)18(31)14(21(33)34)9-30(19)22-26-10-27-35-22/h2-4,6,9-10,13H,5,7-8H2,1H3,(H,25,32)(H,33,34). The van der Waals surface area contributed by atoms with E-state index in [1.807, 2.05) is 4.90 Å². The Morgan fingerprint density at radius 3 is 2.83 bits per heavy atom. The number of fused-ring (bicyclic) bond motifs is 1. The summed E-state index contributed by atoms with van der Waals surface area (Å²) in [7, 11) is 0. The van der Waals surface area contributed by atoms with Gasteiger partial charge in [0.2, 0.25) is 16.5 Å². The fourth-order valence-corrected chi connectivity index (χ4v) is 4.43. The normalized spacial score (nSPS) is 13.6. The molecule has 1 saturated heterocycles. The SMILES string of the molecule is Cc1cc(N2CC(C(=O)NCc3ccncc3F)C2)nc2c1c(=O)c(C(=O)O)cn2-c1ncns1. The molecule has 1 aliphatic rings. The fourth-order valence-electron chi connectivity index (χ4n) is 3.92. The number of carbonyl (C=O) groups excluding carboxylic acids is 1. The molecule has 11 nitrogen and oxygen atoms in total. The molecule has 0 aromatic carbocycles. The van der Waals surface area contributed by atoms with Crippen LogP contribution in [0.5, 0.6) is 0 Å². The van der Waals surface area contributed by atoms with Crippen molar-refractivity contribution in [3.05, 3.63) is 69.8 Å². The maximum absolute atomic E-state index is 13.7. The van der Waals surface area contributed by atoms with Gasteiger partial charge in [-0.15, -0.1) is 0 Å². The zero-order chi connectivity index (χ0) is 24.7. The van der Waals surface area contributed by atoms with E-state index in [0.717, 1.165) is 17.7 Å². The van der Waals surface area contributed by atoms with Crippen LogP contribution in [0, 0.1) is 18.7 Å². The number of aryl methyl sites for hydroxylation is 1. The highest BCUT2D eigenvalue weighted by atomic mass is 32.1. The van der Waals surface area contributed by atoms with Gasteiger partial charge in [0.25, 0.3) is 0 Å². The third-order valence-electron chi connectivity index (χ3n) is 5.81. The van der Waals surface area contributed by atoms with Gasteiger partial charge >= 0.3 is 5.97 Å². The number of carboxylic acid groups (broad SMARTS) is 1. The molecule has 1 amide bonds. The molecular weight excluding hydrogens is 477 g/mol. The summed E-state index contributed by atoms with van der Waals surface area (Å²) in [4.78, 5) is 51.4. The van der Waals surface area contributed by atoms with Crippen LogP contribution in [-0.4, -0.2) is 54.0 Å². The van der Waals surface area contributed by atoms with E-state index in [1.165, 1.54) is 29.4 Å². The van der Waals surface area contributed by atoms with Crippen LogP contribution in [0.3, 0.4) is 0 Å². The summed E-state index contributed by atoms with van der Waals surface area (Å²) in [6.45, 7) is 2.55. The van der Waals surface area contributed by atoms with Crippen LogP contribution in [0.2, 0.25) is 0 Å². The molecule has 0 aliphatic carbocycles. The monoisotopic (exact) mass is 495 g/mol. The number of aromatic carboxylic acids is 1. The minimum absolute atomic E-state index is 0.0665. The highest BCUT2D eigenvalue weighted by Crippen LogP contribution is 2.28. The molecule has 13 heteroatoms. The lowest BCUT2D eigenvalue weighted by molar-refractivity contribution is -0.125. The van der Waals surface area contributed by atoms with Gasteiger partial charge in [-0.05, 0) is 24.6 Å². The Balaban J connectivity index is 1.40. The summed E-state index contributed by atoms with van der Waals surface area (Å²) in [5, 5.41) is 12.8. The van der Waals surface area contributed by atoms with Crippen molar-refractivity contribution < 1.29 is 19.1 Å². The average molecular weight is 495 g/mol. The first kappa shape index (κ1) is 22.5. The van der Waals surface area contributed by atoms with E-state index in [0.29, 0.717) is 35.2 Å². The third-order valence-corrected chi connectivity index (χ3v) is 6.48. The van der Waals surface area contributed by atoms with E-state index in [-0.39, 0.29) is 29.4 Å². The second kappa shape index (κ2) is 8.83. The van der Waals surface area contributed by atoms with E-state index in [2.05, 4.69) is 24.6 Å². The van der Waals surface area contributed by atoms with Gasteiger partial charge < -0.3 is 15.3 Å². The van der Waals surface area contributed by atoms with Crippen molar-refractivity contribution in [3.8, 4) is 5.13 Å². The van der Waals surface area contributed by atoms with E-state index < -0.39 is 22.8 Å².